The van der Waals surface area contributed by atoms with Gasteiger partial charge < -0.3 is 14.6 Å². The third-order valence-electron chi connectivity index (χ3n) is 3.77. The number of ether oxygens (including phenoxy) is 1. The van der Waals surface area contributed by atoms with Crippen LogP contribution in [0.15, 0.2) is 45.8 Å². The van der Waals surface area contributed by atoms with Crippen LogP contribution in [0.3, 0.4) is 0 Å². The number of carbonyl (C=O) groups is 3. The Kier molecular flexibility index (Phi) is 6.20. The molecule has 0 atom stereocenters. The molecule has 0 aliphatic heterocycles. The van der Waals surface area contributed by atoms with Crippen molar-refractivity contribution in [1.82, 2.24) is 5.16 Å². The van der Waals surface area contributed by atoms with Crippen LogP contribution in [0, 0.1) is 0 Å². The molecule has 7 nitrogen and oxygen atoms in total. The van der Waals surface area contributed by atoms with Gasteiger partial charge in [0.2, 0.25) is 17.3 Å². The number of aromatic nitrogens is 1. The number of anilines is 1. The normalized spacial score (nSPS) is 13.3. The summed E-state index contributed by atoms with van der Waals surface area (Å²) in [6.45, 7) is 3.13. The van der Waals surface area contributed by atoms with Crippen molar-refractivity contribution in [2.45, 2.75) is 13.3 Å². The fraction of sp³-hybridized carbons (Fsp3) is 0.263. The van der Waals surface area contributed by atoms with Gasteiger partial charge in [-0.15, -0.1) is 11.8 Å². The number of Topliss-reactive ketones (excluding diaryl/α,β-unsaturated/α-hetero) is 1. The number of nitrogens with zero attached hydrogens (tertiary/aromatic N) is 1. The molecule has 8 heteroatoms. The van der Waals surface area contributed by atoms with Crippen molar-refractivity contribution in [3.05, 3.63) is 58.3 Å². The topological polar surface area (TPSA) is 98.5 Å². The van der Waals surface area contributed by atoms with E-state index in [0.29, 0.717) is 24.7 Å². The monoisotopic (exact) mass is 386 g/mol. The van der Waals surface area contributed by atoms with Crippen molar-refractivity contribution in [2.75, 3.05) is 24.3 Å². The maximum absolute atomic E-state index is 12.8. The van der Waals surface area contributed by atoms with E-state index in [1.165, 1.54) is 17.8 Å². The minimum absolute atomic E-state index is 0.0803. The Morgan fingerprint density at radius 2 is 2.04 bits per heavy atom. The number of nitrogens with one attached hydrogen (secondary N) is 1. The fourth-order valence-corrected chi connectivity index (χ4v) is 3.41. The predicted molar refractivity (Wildman–Crippen MR) is 101 cm³/mol. The van der Waals surface area contributed by atoms with Crippen molar-refractivity contribution >= 4 is 34.9 Å². The first kappa shape index (κ1) is 19.1. The summed E-state index contributed by atoms with van der Waals surface area (Å²) in [5.74, 6) is -1.07. The van der Waals surface area contributed by atoms with Gasteiger partial charge in [0.25, 0.3) is 5.91 Å². The number of rotatable bonds is 8. The summed E-state index contributed by atoms with van der Waals surface area (Å²) >= 11 is 1.26. The zero-order valence-electron chi connectivity index (χ0n) is 14.7. The second kappa shape index (κ2) is 8.79. The Labute approximate surface area is 160 Å². The number of hydrogen-bond donors (Lipinski definition) is 1. The number of carbonyl (C=O) groups excluding carboxylic acids is 3. The highest BCUT2D eigenvalue weighted by Crippen LogP contribution is 2.31. The zero-order valence-corrected chi connectivity index (χ0v) is 15.5. The van der Waals surface area contributed by atoms with E-state index < -0.39 is 17.5 Å². The molecular weight excluding hydrogens is 368 g/mol. The molecule has 0 bridgehead atoms. The lowest BCUT2D eigenvalue weighted by molar-refractivity contribution is 0.0967. The first-order valence-electron chi connectivity index (χ1n) is 8.49. The van der Waals surface area contributed by atoms with Crippen LogP contribution in [0.5, 0.6) is 0 Å². The maximum atomic E-state index is 12.8. The molecule has 0 fully saturated rings. The number of benzene rings is 1. The van der Waals surface area contributed by atoms with Crippen LogP contribution < -0.4 is 5.32 Å². The Balaban J connectivity index is 1.75. The van der Waals surface area contributed by atoms with E-state index in [1.54, 1.807) is 24.3 Å². The predicted octanol–water partition coefficient (Wildman–Crippen LogP) is 3.35. The van der Waals surface area contributed by atoms with E-state index in [0.717, 1.165) is 6.42 Å². The number of para-hydroxylation sites is 1. The second-order valence-electron chi connectivity index (χ2n) is 5.66. The Hall–Kier alpha value is -2.71. The molecule has 1 aromatic heterocycles. The Bertz CT molecular complexity index is 889. The smallest absolute Gasteiger partial charge is 0.278 e. The molecule has 1 aliphatic rings. The van der Waals surface area contributed by atoms with E-state index in [-0.39, 0.29) is 21.9 Å². The number of hydrogen-bond acceptors (Lipinski definition) is 7. The molecule has 3 rings (SSSR count). The number of ketones is 2. The number of allylic oxidation sites excluding steroid dienone is 2. The van der Waals surface area contributed by atoms with Crippen molar-refractivity contribution in [2.24, 2.45) is 0 Å². The van der Waals surface area contributed by atoms with Crippen molar-refractivity contribution in [3.8, 4) is 0 Å². The molecular formula is C19H18N2O5S. The van der Waals surface area contributed by atoms with Gasteiger partial charge in [0.05, 0.1) is 4.91 Å². The average molecular weight is 386 g/mol. The van der Waals surface area contributed by atoms with E-state index >= 15 is 0 Å². The van der Waals surface area contributed by atoms with E-state index in [9.17, 15) is 14.4 Å². The number of thioether (sulfide) groups is 1. The Morgan fingerprint density at radius 1 is 1.26 bits per heavy atom. The molecule has 1 aromatic carbocycles. The average Bonchev–Trinajstić information content (AvgIpc) is 3.12. The molecule has 0 spiro atoms. The molecule has 0 unspecified atom stereocenters. The zero-order chi connectivity index (χ0) is 19.2. The van der Waals surface area contributed by atoms with Gasteiger partial charge in [0.1, 0.15) is 5.56 Å². The molecule has 1 aliphatic carbocycles. The molecule has 2 aromatic rings. The highest BCUT2D eigenvalue weighted by molar-refractivity contribution is 8.04. The second-order valence-corrected chi connectivity index (χ2v) is 6.79. The van der Waals surface area contributed by atoms with Crippen LogP contribution in [0.1, 0.15) is 44.7 Å². The van der Waals surface area contributed by atoms with Crippen molar-refractivity contribution in [3.63, 3.8) is 0 Å². The first-order valence-corrected chi connectivity index (χ1v) is 9.47. The van der Waals surface area contributed by atoms with Crippen LogP contribution in [-0.2, 0) is 4.74 Å². The molecule has 1 N–H and O–H groups in total. The highest BCUT2D eigenvalue weighted by atomic mass is 32.2. The standard InChI is InChI=1S/C19H18N2O5S/c1-2-25-9-6-10-27-14-11-13(22)18-15(17(14)23)16(21-26-18)19(24)20-12-7-4-3-5-8-12/h3-5,7-8,11H,2,6,9-10H2,1H3,(H,20,24). The Morgan fingerprint density at radius 3 is 2.78 bits per heavy atom. The lowest BCUT2D eigenvalue weighted by Gasteiger charge is -2.11. The van der Waals surface area contributed by atoms with E-state index in [4.69, 9.17) is 9.26 Å². The first-order chi connectivity index (χ1) is 13.1. The summed E-state index contributed by atoms with van der Waals surface area (Å²) in [5.41, 5.74) is 0.283. The molecule has 0 saturated carbocycles. The summed E-state index contributed by atoms with van der Waals surface area (Å²) in [7, 11) is 0. The number of amides is 1. The van der Waals surface area contributed by atoms with Gasteiger partial charge in [0, 0.05) is 30.7 Å². The molecule has 0 saturated heterocycles. The maximum Gasteiger partial charge on any atom is 0.278 e. The van der Waals surface area contributed by atoms with Crippen molar-refractivity contribution < 1.29 is 23.6 Å². The van der Waals surface area contributed by atoms with Gasteiger partial charge in [-0.3, -0.25) is 14.4 Å². The van der Waals surface area contributed by atoms with E-state index in [1.807, 2.05) is 13.0 Å². The van der Waals surface area contributed by atoms with Gasteiger partial charge in [0.15, 0.2) is 5.69 Å². The van der Waals surface area contributed by atoms with Gasteiger partial charge >= 0.3 is 0 Å². The largest absolute Gasteiger partial charge is 0.382 e. The van der Waals surface area contributed by atoms with Crippen molar-refractivity contribution in [1.29, 1.82) is 0 Å². The molecule has 1 amide bonds. The molecule has 140 valence electrons. The molecule has 0 radical (unpaired) electrons. The third kappa shape index (κ3) is 4.35. The lowest BCUT2D eigenvalue weighted by Crippen LogP contribution is -2.20. The molecule has 1 heterocycles. The summed E-state index contributed by atoms with van der Waals surface area (Å²) in [6.07, 6.45) is 1.98. The lowest BCUT2D eigenvalue weighted by atomic mass is 9.99. The molecule has 27 heavy (non-hydrogen) atoms. The van der Waals surface area contributed by atoms with Crippen LogP contribution in [0.4, 0.5) is 5.69 Å². The number of fused-ring (bicyclic) bond motifs is 1. The fourth-order valence-electron chi connectivity index (χ4n) is 2.50. The van der Waals surface area contributed by atoms with Gasteiger partial charge in [-0.1, -0.05) is 23.4 Å². The van der Waals surface area contributed by atoms with Crippen LogP contribution in [0.25, 0.3) is 0 Å². The minimum atomic E-state index is -0.602. The van der Waals surface area contributed by atoms with Gasteiger partial charge in [-0.2, -0.15) is 0 Å². The van der Waals surface area contributed by atoms with Crippen LogP contribution in [0.2, 0.25) is 0 Å². The van der Waals surface area contributed by atoms with Gasteiger partial charge in [-0.05, 0) is 25.5 Å². The van der Waals surface area contributed by atoms with E-state index in [2.05, 4.69) is 10.5 Å². The van der Waals surface area contributed by atoms with Crippen LogP contribution >= 0.6 is 11.8 Å². The SMILES string of the molecule is CCOCCCSC1=CC(=O)c2onc(C(=O)Nc3ccccc3)c2C1=O. The quantitative estimate of drug-likeness (QED) is 0.695. The minimum Gasteiger partial charge on any atom is -0.382 e. The summed E-state index contributed by atoms with van der Waals surface area (Å²) in [4.78, 5) is 37.8. The highest BCUT2D eigenvalue weighted by Gasteiger charge is 2.36. The summed E-state index contributed by atoms with van der Waals surface area (Å²) in [5, 5.41) is 6.30. The van der Waals surface area contributed by atoms with Crippen LogP contribution in [-0.4, -0.2) is 41.6 Å². The summed E-state index contributed by atoms with van der Waals surface area (Å²) in [6, 6.07) is 8.76. The third-order valence-corrected chi connectivity index (χ3v) is 4.88. The summed E-state index contributed by atoms with van der Waals surface area (Å²) < 4.78 is 10.2. The van der Waals surface area contributed by atoms with Gasteiger partial charge in [-0.25, -0.2) is 0 Å².